The fourth-order valence-electron chi connectivity index (χ4n) is 4.52. The van der Waals surface area contributed by atoms with Crippen molar-refractivity contribution in [3.8, 4) is 0 Å². The van der Waals surface area contributed by atoms with Gasteiger partial charge in [0, 0.05) is 39.5 Å². The number of hydrogen-bond acceptors (Lipinski definition) is 4. The molecule has 0 saturated heterocycles. The lowest BCUT2D eigenvalue weighted by atomic mass is 9.98. The Bertz CT molecular complexity index is 1360. The highest BCUT2D eigenvalue weighted by atomic mass is 19.1. The lowest BCUT2D eigenvalue weighted by Crippen LogP contribution is -2.55. The molecular formula is C32H39FN4O3. The average molecular weight is 547 g/mol. The number of benzene rings is 3. The highest BCUT2D eigenvalue weighted by Gasteiger charge is 2.34. The van der Waals surface area contributed by atoms with Gasteiger partial charge in [-0.3, -0.25) is 14.4 Å². The van der Waals surface area contributed by atoms with E-state index in [9.17, 15) is 18.8 Å². The van der Waals surface area contributed by atoms with Crippen LogP contribution in [0.5, 0.6) is 0 Å². The monoisotopic (exact) mass is 546 g/mol. The first kappa shape index (κ1) is 30.5. The van der Waals surface area contributed by atoms with Crippen molar-refractivity contribution in [2.24, 2.45) is 5.73 Å². The number of nitrogens with two attached hydrogens (primary N) is 1. The summed E-state index contributed by atoms with van der Waals surface area (Å²) in [6.45, 7) is 3.74. The minimum Gasteiger partial charge on any atom is -0.357 e. The van der Waals surface area contributed by atoms with Crippen LogP contribution in [0.4, 0.5) is 4.39 Å². The number of fused-ring (bicyclic) bond motifs is 1. The molecule has 0 fully saturated rings. The fraction of sp³-hybridized carbons (Fsp3) is 0.344. The van der Waals surface area contributed by atoms with Crippen LogP contribution in [0.2, 0.25) is 0 Å². The predicted molar refractivity (Wildman–Crippen MR) is 157 cm³/mol. The largest absolute Gasteiger partial charge is 0.357 e. The Morgan fingerprint density at radius 2 is 1.50 bits per heavy atom. The molecule has 40 heavy (non-hydrogen) atoms. The Balaban J connectivity index is 1.93. The fourth-order valence-corrected chi connectivity index (χ4v) is 4.52. The van der Waals surface area contributed by atoms with E-state index in [0.29, 0.717) is 12.0 Å². The lowest BCUT2D eigenvalue weighted by Gasteiger charge is -2.34. The topological polar surface area (TPSA) is 95.7 Å². The Kier molecular flexibility index (Phi) is 10.2. The number of rotatable bonds is 11. The van der Waals surface area contributed by atoms with E-state index in [1.165, 1.54) is 35.1 Å². The van der Waals surface area contributed by atoms with E-state index in [2.05, 4.69) is 5.32 Å². The average Bonchev–Trinajstić information content (AvgIpc) is 2.93. The summed E-state index contributed by atoms with van der Waals surface area (Å²) in [5, 5.41) is 4.72. The minimum atomic E-state index is -0.880. The number of amides is 3. The quantitative estimate of drug-likeness (QED) is 0.357. The molecule has 0 aliphatic rings. The third-order valence-electron chi connectivity index (χ3n) is 6.95. The maximum absolute atomic E-state index is 14.0. The maximum Gasteiger partial charge on any atom is 0.246 e. The molecule has 0 heterocycles. The lowest BCUT2D eigenvalue weighted by molar-refractivity contribution is -0.146. The Morgan fingerprint density at radius 1 is 0.900 bits per heavy atom. The van der Waals surface area contributed by atoms with Crippen molar-refractivity contribution in [2.45, 2.75) is 50.7 Å². The number of nitrogens with one attached hydrogen (secondary N) is 1. The Morgan fingerprint density at radius 3 is 2.12 bits per heavy atom. The molecule has 0 aromatic heterocycles. The first-order valence-electron chi connectivity index (χ1n) is 13.3. The second kappa shape index (κ2) is 13.3. The number of halogens is 1. The highest BCUT2D eigenvalue weighted by Crippen LogP contribution is 2.20. The van der Waals surface area contributed by atoms with Crippen LogP contribution in [0.15, 0.2) is 78.9 Å². The summed E-state index contributed by atoms with van der Waals surface area (Å²) in [7, 11) is 4.65. The second-order valence-corrected chi connectivity index (χ2v) is 10.9. The third-order valence-corrected chi connectivity index (χ3v) is 6.95. The molecule has 212 valence electrons. The van der Waals surface area contributed by atoms with Crippen molar-refractivity contribution in [3.05, 3.63) is 95.8 Å². The van der Waals surface area contributed by atoms with Crippen LogP contribution in [-0.4, -0.2) is 66.3 Å². The van der Waals surface area contributed by atoms with Crippen molar-refractivity contribution in [1.29, 1.82) is 0 Å². The van der Waals surface area contributed by atoms with Crippen LogP contribution in [0, 0.1) is 5.82 Å². The number of nitrogens with zero attached hydrogens (tertiary/aromatic N) is 2. The number of likely N-dealkylation sites (N-methyl/N-ethyl adjacent to an activating group) is 3. The van der Waals surface area contributed by atoms with Crippen LogP contribution in [0.1, 0.15) is 31.4 Å². The van der Waals surface area contributed by atoms with E-state index in [0.717, 1.165) is 16.3 Å². The molecule has 2 atom stereocenters. The molecule has 3 aromatic carbocycles. The molecule has 0 saturated carbocycles. The van der Waals surface area contributed by atoms with E-state index in [1.54, 1.807) is 32.3 Å². The van der Waals surface area contributed by atoms with Gasteiger partial charge in [0.05, 0.1) is 0 Å². The number of hydrogen-bond donors (Lipinski definition) is 2. The molecule has 0 bridgehead atoms. The van der Waals surface area contributed by atoms with E-state index in [4.69, 9.17) is 5.73 Å². The Labute approximate surface area is 235 Å². The third kappa shape index (κ3) is 8.23. The van der Waals surface area contributed by atoms with Crippen molar-refractivity contribution < 1.29 is 18.8 Å². The summed E-state index contributed by atoms with van der Waals surface area (Å²) in [4.78, 5) is 42.9. The van der Waals surface area contributed by atoms with Crippen molar-refractivity contribution in [2.75, 3.05) is 21.1 Å². The van der Waals surface area contributed by atoms with E-state index in [-0.39, 0.29) is 36.4 Å². The van der Waals surface area contributed by atoms with Gasteiger partial charge in [0.1, 0.15) is 17.9 Å². The first-order valence-corrected chi connectivity index (χ1v) is 13.3. The molecule has 3 rings (SSSR count). The molecule has 3 amide bonds. The zero-order valence-corrected chi connectivity index (χ0v) is 23.9. The number of carbonyl (C=O) groups excluding carboxylic acids is 3. The van der Waals surface area contributed by atoms with Gasteiger partial charge in [-0.2, -0.15) is 0 Å². The van der Waals surface area contributed by atoms with E-state index in [1.807, 2.05) is 56.3 Å². The van der Waals surface area contributed by atoms with Gasteiger partial charge in [-0.05, 0) is 60.4 Å². The molecule has 0 spiro atoms. The van der Waals surface area contributed by atoms with Gasteiger partial charge in [0.2, 0.25) is 17.7 Å². The van der Waals surface area contributed by atoms with Crippen molar-refractivity contribution >= 4 is 28.5 Å². The van der Waals surface area contributed by atoms with Crippen LogP contribution in [0.3, 0.4) is 0 Å². The standard InChI is InChI=1S/C32H39FN4O3/c1-32(2,34)18-8-11-29(38)36(4)28(21-23-12-15-24-9-6-7-10-25(24)19-23)31(40)37(5)27(30(39)35-3)20-22-13-16-26(33)17-14-22/h6-17,19,27-28H,18,20-21,34H2,1-5H3,(H,35,39)/b11-8+/t27-,28-/m1/s1. The summed E-state index contributed by atoms with van der Waals surface area (Å²) in [6.07, 6.45) is 4.08. The molecule has 0 aliphatic heterocycles. The second-order valence-electron chi connectivity index (χ2n) is 10.9. The van der Waals surface area contributed by atoms with Gasteiger partial charge >= 0.3 is 0 Å². The molecular weight excluding hydrogens is 507 g/mol. The van der Waals surface area contributed by atoms with Crippen LogP contribution in [0.25, 0.3) is 10.8 Å². The van der Waals surface area contributed by atoms with Gasteiger partial charge in [-0.1, -0.05) is 60.7 Å². The first-order chi connectivity index (χ1) is 18.9. The summed E-state index contributed by atoms with van der Waals surface area (Å²) in [6, 6.07) is 18.0. The summed E-state index contributed by atoms with van der Waals surface area (Å²) in [5.41, 5.74) is 7.16. The van der Waals surface area contributed by atoms with E-state index >= 15 is 0 Å². The van der Waals surface area contributed by atoms with Gasteiger partial charge in [-0.15, -0.1) is 0 Å². The van der Waals surface area contributed by atoms with Crippen molar-refractivity contribution in [1.82, 2.24) is 15.1 Å². The molecule has 3 N–H and O–H groups in total. The zero-order valence-electron chi connectivity index (χ0n) is 23.9. The van der Waals surface area contributed by atoms with Crippen LogP contribution in [-0.2, 0) is 27.2 Å². The van der Waals surface area contributed by atoms with Gasteiger partial charge in [0.25, 0.3) is 0 Å². The zero-order chi connectivity index (χ0) is 29.4. The number of carbonyl (C=O) groups is 3. The summed E-state index contributed by atoms with van der Waals surface area (Å²) >= 11 is 0. The maximum atomic E-state index is 14.0. The van der Waals surface area contributed by atoms with Crippen molar-refractivity contribution in [3.63, 3.8) is 0 Å². The summed E-state index contributed by atoms with van der Waals surface area (Å²) in [5.74, 6) is -1.46. The summed E-state index contributed by atoms with van der Waals surface area (Å²) < 4.78 is 13.5. The molecule has 0 unspecified atom stereocenters. The molecule has 0 radical (unpaired) electrons. The van der Waals surface area contributed by atoms with Gasteiger partial charge < -0.3 is 20.9 Å². The normalized spacial score (nSPS) is 13.2. The highest BCUT2D eigenvalue weighted by molar-refractivity contribution is 5.95. The van der Waals surface area contributed by atoms with Crippen LogP contribution >= 0.6 is 0 Å². The molecule has 3 aromatic rings. The predicted octanol–water partition coefficient (Wildman–Crippen LogP) is 3.85. The van der Waals surface area contributed by atoms with E-state index < -0.39 is 17.6 Å². The molecule has 8 heteroatoms. The Hall–Kier alpha value is -4.04. The molecule has 0 aliphatic carbocycles. The molecule has 7 nitrogen and oxygen atoms in total. The van der Waals surface area contributed by atoms with Crippen LogP contribution < -0.4 is 11.1 Å². The van der Waals surface area contributed by atoms with Gasteiger partial charge in [0.15, 0.2) is 0 Å². The van der Waals surface area contributed by atoms with Gasteiger partial charge in [-0.25, -0.2) is 4.39 Å². The minimum absolute atomic E-state index is 0.189. The SMILES string of the molecule is CNC(=O)[C@@H](Cc1ccc(F)cc1)N(C)C(=O)[C@@H](Cc1ccc2ccccc2c1)N(C)C(=O)/C=C/CC(C)(C)N. The smallest absolute Gasteiger partial charge is 0.246 e.